The second-order valence-corrected chi connectivity index (χ2v) is 13.2. The Balaban J connectivity index is 1.15. The van der Waals surface area contributed by atoms with Gasteiger partial charge in [-0.3, -0.25) is 0 Å². The highest BCUT2D eigenvalue weighted by molar-refractivity contribution is 7.26. The van der Waals surface area contributed by atoms with Gasteiger partial charge in [-0.25, -0.2) is 0 Å². The minimum atomic E-state index is 0.901. The second kappa shape index (κ2) is 10.3. The number of rotatable bonds is 4. The van der Waals surface area contributed by atoms with Gasteiger partial charge < -0.3 is 9.32 Å². The van der Waals surface area contributed by atoms with Crippen LogP contribution in [0.4, 0.5) is 17.1 Å². The molecule has 10 rings (SSSR count). The van der Waals surface area contributed by atoms with Crippen LogP contribution in [0, 0.1) is 0 Å². The van der Waals surface area contributed by atoms with E-state index >= 15 is 0 Å². The van der Waals surface area contributed by atoms with Crippen molar-refractivity contribution in [3.63, 3.8) is 0 Å². The SMILES string of the molecule is c1ccc(N(c2ccc(-c3cccc4ccccc34)cc2)c2ccc3oc4ccc5c6cc7ccccc7cc6sc5c4c3c2)cc1. The predicted molar refractivity (Wildman–Crippen MR) is 202 cm³/mol. The van der Waals surface area contributed by atoms with Crippen molar-refractivity contribution in [1.82, 2.24) is 0 Å². The van der Waals surface area contributed by atoms with Crippen molar-refractivity contribution in [2.45, 2.75) is 0 Å². The fourth-order valence-electron chi connectivity index (χ4n) is 7.20. The summed E-state index contributed by atoms with van der Waals surface area (Å²) < 4.78 is 9.04. The van der Waals surface area contributed by atoms with E-state index in [-0.39, 0.29) is 0 Å². The Hall–Kier alpha value is -5.90. The third-order valence-corrected chi connectivity index (χ3v) is 10.6. The van der Waals surface area contributed by atoms with Crippen LogP contribution in [-0.2, 0) is 0 Å². The molecule has 2 nitrogen and oxygen atoms in total. The van der Waals surface area contributed by atoms with Crippen molar-refractivity contribution >= 4 is 92.1 Å². The van der Waals surface area contributed by atoms with Gasteiger partial charge in [0.15, 0.2) is 0 Å². The van der Waals surface area contributed by atoms with Gasteiger partial charge >= 0.3 is 0 Å². The molecule has 0 aliphatic rings. The molecular formula is C44H27NOS. The highest BCUT2D eigenvalue weighted by Crippen LogP contribution is 2.45. The van der Waals surface area contributed by atoms with Crippen molar-refractivity contribution in [2.24, 2.45) is 0 Å². The molecule has 0 radical (unpaired) electrons. The number of anilines is 3. The molecule has 3 heteroatoms. The van der Waals surface area contributed by atoms with E-state index in [1.165, 1.54) is 58.2 Å². The average Bonchev–Trinajstić information content (AvgIpc) is 3.69. The second-order valence-electron chi connectivity index (χ2n) is 12.1. The van der Waals surface area contributed by atoms with Gasteiger partial charge in [0.1, 0.15) is 11.2 Å². The Morgan fingerprint density at radius 3 is 1.96 bits per heavy atom. The van der Waals surface area contributed by atoms with Crippen LogP contribution >= 0.6 is 11.3 Å². The van der Waals surface area contributed by atoms with Crippen LogP contribution in [-0.4, -0.2) is 0 Å². The zero-order chi connectivity index (χ0) is 30.9. The van der Waals surface area contributed by atoms with Crippen LogP contribution < -0.4 is 4.90 Å². The largest absolute Gasteiger partial charge is 0.456 e. The number of nitrogens with zero attached hydrogens (tertiary/aromatic N) is 1. The quantitative estimate of drug-likeness (QED) is 0.195. The number of hydrogen-bond acceptors (Lipinski definition) is 3. The van der Waals surface area contributed by atoms with Crippen LogP contribution in [0.3, 0.4) is 0 Å². The molecule has 0 unspecified atom stereocenters. The lowest BCUT2D eigenvalue weighted by atomic mass is 9.98. The molecule has 2 aromatic heterocycles. The summed E-state index contributed by atoms with van der Waals surface area (Å²) in [5.41, 5.74) is 7.57. The van der Waals surface area contributed by atoms with E-state index in [4.69, 9.17) is 4.42 Å². The van der Waals surface area contributed by atoms with E-state index in [0.717, 1.165) is 33.6 Å². The first-order valence-corrected chi connectivity index (χ1v) is 16.7. The van der Waals surface area contributed by atoms with Gasteiger partial charge in [-0.2, -0.15) is 0 Å². The Morgan fingerprint density at radius 2 is 1.11 bits per heavy atom. The maximum absolute atomic E-state index is 6.47. The number of furan rings is 1. The predicted octanol–water partition coefficient (Wildman–Crippen LogP) is 13.4. The fraction of sp³-hybridized carbons (Fsp3) is 0. The van der Waals surface area contributed by atoms with E-state index in [1.54, 1.807) is 0 Å². The number of para-hydroxylation sites is 1. The summed E-state index contributed by atoms with van der Waals surface area (Å²) in [4.78, 5) is 2.34. The minimum absolute atomic E-state index is 0.901. The van der Waals surface area contributed by atoms with Crippen molar-refractivity contribution < 1.29 is 4.42 Å². The normalized spacial score (nSPS) is 11.8. The van der Waals surface area contributed by atoms with Crippen LogP contribution in [0.2, 0.25) is 0 Å². The summed E-state index contributed by atoms with van der Waals surface area (Å²) in [6, 6.07) is 58.9. The van der Waals surface area contributed by atoms with Crippen LogP contribution in [0.5, 0.6) is 0 Å². The third-order valence-electron chi connectivity index (χ3n) is 9.42. The molecule has 2 heterocycles. The van der Waals surface area contributed by atoms with Crippen molar-refractivity contribution in [1.29, 1.82) is 0 Å². The van der Waals surface area contributed by atoms with E-state index in [0.29, 0.717) is 0 Å². The van der Waals surface area contributed by atoms with Crippen molar-refractivity contribution in [3.05, 3.63) is 164 Å². The highest BCUT2D eigenvalue weighted by atomic mass is 32.1. The Bertz CT molecular complexity index is 2790. The van der Waals surface area contributed by atoms with Gasteiger partial charge in [-0.05, 0) is 99.4 Å². The highest BCUT2D eigenvalue weighted by Gasteiger charge is 2.19. The first-order valence-electron chi connectivity index (χ1n) is 15.9. The average molecular weight is 618 g/mol. The molecule has 220 valence electrons. The molecule has 0 fully saturated rings. The van der Waals surface area contributed by atoms with Gasteiger partial charge in [-0.1, -0.05) is 97.1 Å². The zero-order valence-corrected chi connectivity index (χ0v) is 26.2. The molecule has 0 bridgehead atoms. The van der Waals surface area contributed by atoms with Crippen LogP contribution in [0.15, 0.2) is 168 Å². The maximum atomic E-state index is 6.47. The molecule has 0 amide bonds. The third kappa shape index (κ3) is 4.17. The lowest BCUT2D eigenvalue weighted by Gasteiger charge is -2.25. The van der Waals surface area contributed by atoms with Gasteiger partial charge in [0.2, 0.25) is 0 Å². The van der Waals surface area contributed by atoms with E-state index in [9.17, 15) is 0 Å². The van der Waals surface area contributed by atoms with Gasteiger partial charge in [-0.15, -0.1) is 11.3 Å². The number of benzene rings is 8. The number of hydrogen-bond donors (Lipinski definition) is 0. The van der Waals surface area contributed by atoms with E-state index < -0.39 is 0 Å². The molecule has 0 spiro atoms. The van der Waals surface area contributed by atoms with E-state index in [2.05, 4.69) is 169 Å². The Labute approximate surface area is 275 Å². The fourth-order valence-corrected chi connectivity index (χ4v) is 8.48. The summed E-state index contributed by atoms with van der Waals surface area (Å²) in [6.07, 6.45) is 0. The zero-order valence-electron chi connectivity index (χ0n) is 25.4. The van der Waals surface area contributed by atoms with E-state index in [1.807, 2.05) is 11.3 Å². The standard InChI is InChI=1S/C44H27NOS/c1-2-13-32(14-3-1)45(33-19-17-29(18-20-33)36-16-8-12-28-9-6-7-15-35(28)36)34-21-23-40-39(27-34)43-41(46-40)24-22-37-38-25-30-10-4-5-11-31(30)26-42(38)47-44(37)43/h1-27H. The Kier molecular flexibility index (Phi) is 5.78. The van der Waals surface area contributed by atoms with Crippen LogP contribution in [0.25, 0.3) is 74.8 Å². The first-order chi connectivity index (χ1) is 23.3. The first kappa shape index (κ1) is 26.3. The van der Waals surface area contributed by atoms with Crippen molar-refractivity contribution in [2.75, 3.05) is 4.90 Å². The Morgan fingerprint density at radius 1 is 0.426 bits per heavy atom. The van der Waals surface area contributed by atoms with Gasteiger partial charge in [0.25, 0.3) is 0 Å². The molecule has 0 aliphatic heterocycles. The summed E-state index contributed by atoms with van der Waals surface area (Å²) in [5, 5.41) is 9.95. The lowest BCUT2D eigenvalue weighted by Crippen LogP contribution is -2.09. The molecule has 0 N–H and O–H groups in total. The maximum Gasteiger partial charge on any atom is 0.136 e. The summed E-state index contributed by atoms with van der Waals surface area (Å²) >= 11 is 1.86. The summed E-state index contributed by atoms with van der Waals surface area (Å²) in [6.45, 7) is 0. The molecular weight excluding hydrogens is 591 g/mol. The topological polar surface area (TPSA) is 16.4 Å². The molecule has 47 heavy (non-hydrogen) atoms. The van der Waals surface area contributed by atoms with Gasteiger partial charge in [0.05, 0.1) is 0 Å². The molecule has 8 aromatic carbocycles. The van der Waals surface area contributed by atoms with Crippen molar-refractivity contribution in [3.8, 4) is 11.1 Å². The molecule has 0 saturated heterocycles. The summed E-state index contributed by atoms with van der Waals surface area (Å²) in [5.74, 6) is 0. The smallest absolute Gasteiger partial charge is 0.136 e. The molecule has 0 saturated carbocycles. The molecule has 10 aromatic rings. The number of thiophene rings is 1. The van der Waals surface area contributed by atoms with Gasteiger partial charge in [0, 0.05) is 48.0 Å². The lowest BCUT2D eigenvalue weighted by molar-refractivity contribution is 0.669. The number of fused-ring (bicyclic) bond motifs is 9. The molecule has 0 atom stereocenters. The van der Waals surface area contributed by atoms with Crippen LogP contribution in [0.1, 0.15) is 0 Å². The summed E-state index contributed by atoms with van der Waals surface area (Å²) in [7, 11) is 0. The molecule has 0 aliphatic carbocycles. The monoisotopic (exact) mass is 617 g/mol. The minimum Gasteiger partial charge on any atom is -0.456 e.